The van der Waals surface area contributed by atoms with Crippen molar-refractivity contribution in [2.75, 3.05) is 0 Å². The Bertz CT molecular complexity index is 552. The summed E-state index contributed by atoms with van der Waals surface area (Å²) in [6.07, 6.45) is 7.72. The summed E-state index contributed by atoms with van der Waals surface area (Å²) in [7, 11) is 0. The van der Waals surface area contributed by atoms with Crippen molar-refractivity contribution in [1.82, 2.24) is 19.1 Å². The van der Waals surface area contributed by atoms with E-state index < -0.39 is 0 Å². The molecule has 0 radical (unpaired) electrons. The molecule has 0 N–H and O–H groups in total. The second-order valence-corrected chi connectivity index (χ2v) is 4.94. The molecule has 0 aliphatic heterocycles. The molecule has 7 heteroatoms. The molecule has 2 aromatic rings. The highest BCUT2D eigenvalue weighted by atomic mass is 127. The van der Waals surface area contributed by atoms with Crippen molar-refractivity contribution >= 4 is 34.2 Å². The maximum atomic E-state index is 11.8. The Hall–Kier alpha value is -0.890. The molecule has 0 unspecified atom stereocenters. The summed E-state index contributed by atoms with van der Waals surface area (Å²) in [5, 5.41) is 0.265. The second kappa shape index (κ2) is 5.63. The van der Waals surface area contributed by atoms with Crippen LogP contribution in [0.1, 0.15) is 6.42 Å². The second-order valence-electron chi connectivity index (χ2n) is 3.50. The molecule has 2 aromatic heterocycles. The van der Waals surface area contributed by atoms with Crippen LogP contribution in [0, 0.1) is 3.57 Å². The molecule has 0 amide bonds. The normalized spacial score (nSPS) is 10.7. The van der Waals surface area contributed by atoms with Gasteiger partial charge >= 0.3 is 0 Å². The molecule has 0 aromatic carbocycles. The van der Waals surface area contributed by atoms with Gasteiger partial charge in [-0.3, -0.25) is 9.36 Å². The molecule has 2 heterocycles. The van der Waals surface area contributed by atoms with E-state index in [1.165, 1.54) is 6.33 Å². The molecular weight excluding hydrogens is 354 g/mol. The van der Waals surface area contributed by atoms with Gasteiger partial charge in [0.1, 0.15) is 8.72 Å². The monoisotopic (exact) mass is 364 g/mol. The van der Waals surface area contributed by atoms with Gasteiger partial charge in [0.25, 0.3) is 5.56 Å². The van der Waals surface area contributed by atoms with Crippen LogP contribution in [0.5, 0.6) is 0 Å². The lowest BCUT2D eigenvalue weighted by Crippen LogP contribution is -2.23. The van der Waals surface area contributed by atoms with Gasteiger partial charge in [0.05, 0.1) is 12.7 Å². The number of nitrogens with zero attached hydrogens (tertiary/aromatic N) is 4. The predicted molar refractivity (Wildman–Crippen MR) is 73.1 cm³/mol. The number of aromatic nitrogens is 4. The highest BCUT2D eigenvalue weighted by Gasteiger charge is 2.06. The lowest BCUT2D eigenvalue weighted by Gasteiger charge is -2.06. The van der Waals surface area contributed by atoms with Crippen molar-refractivity contribution in [3.05, 3.63) is 44.1 Å². The number of imidazole rings is 1. The zero-order chi connectivity index (χ0) is 12.3. The molecule has 90 valence electrons. The summed E-state index contributed by atoms with van der Waals surface area (Å²) in [6.45, 7) is 1.45. The first-order chi connectivity index (χ1) is 8.18. The van der Waals surface area contributed by atoms with E-state index in [1.807, 2.05) is 33.4 Å². The maximum Gasteiger partial charge on any atom is 0.268 e. The van der Waals surface area contributed by atoms with Crippen molar-refractivity contribution in [1.29, 1.82) is 0 Å². The zero-order valence-electron chi connectivity index (χ0n) is 8.88. The van der Waals surface area contributed by atoms with E-state index in [4.69, 9.17) is 11.6 Å². The Morgan fingerprint density at radius 1 is 1.35 bits per heavy atom. The third kappa shape index (κ3) is 3.06. The van der Waals surface area contributed by atoms with Crippen LogP contribution in [-0.2, 0) is 13.1 Å². The summed E-state index contributed by atoms with van der Waals surface area (Å²) in [5.74, 6) is 0. The van der Waals surface area contributed by atoms with Crippen LogP contribution in [-0.4, -0.2) is 19.1 Å². The zero-order valence-corrected chi connectivity index (χ0v) is 11.8. The van der Waals surface area contributed by atoms with Gasteiger partial charge < -0.3 is 4.57 Å². The van der Waals surface area contributed by atoms with Crippen molar-refractivity contribution in [2.45, 2.75) is 19.5 Å². The molecule has 0 aliphatic rings. The van der Waals surface area contributed by atoms with E-state index in [0.717, 1.165) is 13.0 Å². The van der Waals surface area contributed by atoms with Crippen molar-refractivity contribution < 1.29 is 0 Å². The Balaban J connectivity index is 2.00. The minimum atomic E-state index is -0.0868. The molecule has 0 bridgehead atoms. The van der Waals surface area contributed by atoms with Crippen molar-refractivity contribution in [3.63, 3.8) is 0 Å². The Labute approximate surface area is 117 Å². The van der Waals surface area contributed by atoms with Crippen LogP contribution < -0.4 is 5.56 Å². The van der Waals surface area contributed by atoms with Crippen LogP contribution in [0.3, 0.4) is 0 Å². The fourth-order valence-electron chi connectivity index (χ4n) is 1.45. The standard InChI is InChI=1S/C10H10ClIN4O/c11-9-8(12)10(17)16(7-14-9)4-1-3-15-5-2-13-6-15/h2,5-7H,1,3-4H2. The minimum Gasteiger partial charge on any atom is -0.337 e. The van der Waals surface area contributed by atoms with E-state index in [0.29, 0.717) is 10.1 Å². The average molecular weight is 365 g/mol. The Morgan fingerprint density at radius 2 is 2.18 bits per heavy atom. The molecule has 0 fully saturated rings. The van der Waals surface area contributed by atoms with Crippen LogP contribution in [0.2, 0.25) is 5.15 Å². The van der Waals surface area contributed by atoms with Gasteiger partial charge in [-0.1, -0.05) is 11.6 Å². The van der Waals surface area contributed by atoms with Crippen molar-refractivity contribution in [2.24, 2.45) is 0 Å². The van der Waals surface area contributed by atoms with E-state index in [2.05, 4.69) is 9.97 Å². The molecule has 0 spiro atoms. The van der Waals surface area contributed by atoms with Crippen LogP contribution >= 0.6 is 34.2 Å². The van der Waals surface area contributed by atoms with Crippen LogP contribution in [0.15, 0.2) is 29.8 Å². The van der Waals surface area contributed by atoms with Gasteiger partial charge in [0.15, 0.2) is 0 Å². The van der Waals surface area contributed by atoms with Crippen LogP contribution in [0.4, 0.5) is 0 Å². The van der Waals surface area contributed by atoms with Gasteiger partial charge in [0, 0.05) is 25.5 Å². The first-order valence-corrected chi connectivity index (χ1v) is 6.50. The number of hydrogen-bond donors (Lipinski definition) is 0. The Kier molecular flexibility index (Phi) is 4.16. The van der Waals surface area contributed by atoms with Crippen LogP contribution in [0.25, 0.3) is 0 Å². The summed E-state index contributed by atoms with van der Waals surface area (Å²) in [5.41, 5.74) is -0.0868. The summed E-state index contributed by atoms with van der Waals surface area (Å²) < 4.78 is 4.01. The predicted octanol–water partition coefficient (Wildman–Crippen LogP) is 1.79. The van der Waals surface area contributed by atoms with E-state index in [1.54, 1.807) is 17.1 Å². The lowest BCUT2D eigenvalue weighted by atomic mass is 10.4. The average Bonchev–Trinajstić information content (AvgIpc) is 2.82. The highest BCUT2D eigenvalue weighted by molar-refractivity contribution is 14.1. The third-order valence-electron chi connectivity index (χ3n) is 2.31. The molecular formula is C10H10ClIN4O. The van der Waals surface area contributed by atoms with Gasteiger partial charge in [-0.05, 0) is 29.0 Å². The first kappa shape index (κ1) is 12.6. The molecule has 0 atom stereocenters. The van der Waals surface area contributed by atoms with Gasteiger partial charge in [0.2, 0.25) is 0 Å². The first-order valence-electron chi connectivity index (χ1n) is 5.04. The van der Waals surface area contributed by atoms with Gasteiger partial charge in [-0.25, -0.2) is 9.97 Å². The summed E-state index contributed by atoms with van der Waals surface area (Å²) in [6, 6.07) is 0. The smallest absolute Gasteiger partial charge is 0.268 e. The SMILES string of the molecule is O=c1c(I)c(Cl)ncn1CCCn1ccnc1. The molecule has 2 rings (SSSR count). The minimum absolute atomic E-state index is 0.0868. The summed E-state index contributed by atoms with van der Waals surface area (Å²) in [4.78, 5) is 19.7. The quantitative estimate of drug-likeness (QED) is 0.614. The number of aryl methyl sites for hydroxylation is 2. The summed E-state index contributed by atoms with van der Waals surface area (Å²) >= 11 is 7.67. The molecule has 0 saturated carbocycles. The fraction of sp³-hybridized carbons (Fsp3) is 0.300. The molecule has 0 saturated heterocycles. The molecule has 0 aliphatic carbocycles. The maximum absolute atomic E-state index is 11.8. The van der Waals surface area contributed by atoms with Crippen molar-refractivity contribution in [3.8, 4) is 0 Å². The largest absolute Gasteiger partial charge is 0.337 e. The highest BCUT2D eigenvalue weighted by Crippen LogP contribution is 2.09. The molecule has 17 heavy (non-hydrogen) atoms. The lowest BCUT2D eigenvalue weighted by molar-refractivity contribution is 0.546. The van der Waals surface area contributed by atoms with Gasteiger partial charge in [-0.15, -0.1) is 0 Å². The van der Waals surface area contributed by atoms with E-state index in [-0.39, 0.29) is 10.7 Å². The third-order valence-corrected chi connectivity index (χ3v) is 3.89. The van der Waals surface area contributed by atoms with E-state index >= 15 is 0 Å². The number of halogens is 2. The number of rotatable bonds is 4. The molecule has 5 nitrogen and oxygen atoms in total. The van der Waals surface area contributed by atoms with Gasteiger partial charge in [-0.2, -0.15) is 0 Å². The fourth-order valence-corrected chi connectivity index (χ4v) is 2.02. The Morgan fingerprint density at radius 3 is 2.88 bits per heavy atom. The topological polar surface area (TPSA) is 52.7 Å². The number of hydrogen-bond acceptors (Lipinski definition) is 3. The van der Waals surface area contributed by atoms with E-state index in [9.17, 15) is 4.79 Å².